The average Bonchev–Trinajstić information content (AvgIpc) is 3.03. The van der Waals surface area contributed by atoms with Crippen molar-refractivity contribution >= 4 is 22.7 Å². The van der Waals surface area contributed by atoms with Crippen LogP contribution in [0.1, 0.15) is 44.4 Å². The van der Waals surface area contributed by atoms with E-state index in [1.54, 1.807) is 11.1 Å². The number of aromatic nitrogens is 1. The molecule has 1 atom stereocenters. The molecule has 3 heterocycles. The summed E-state index contributed by atoms with van der Waals surface area (Å²) in [5.41, 5.74) is 4.45. The van der Waals surface area contributed by atoms with Crippen LogP contribution < -0.4 is 10.3 Å². The molecule has 0 saturated carbocycles. The standard InChI is InChI=1S/C25H20N2O3/c1-14-9-10-26-20(11-14)27-22(17-7-5-4-6-8-17)21-23(28)18-12-15(2)16(3)13-19(18)30-24(21)25(27)29/h4-13,22H,1-3H3/t22-/m0/s1. The van der Waals surface area contributed by atoms with Crippen molar-refractivity contribution in [2.45, 2.75) is 26.8 Å². The lowest BCUT2D eigenvalue weighted by Crippen LogP contribution is -2.30. The van der Waals surface area contributed by atoms with E-state index in [9.17, 15) is 9.59 Å². The average molecular weight is 396 g/mol. The van der Waals surface area contributed by atoms with E-state index < -0.39 is 6.04 Å². The van der Waals surface area contributed by atoms with Gasteiger partial charge in [0.05, 0.1) is 17.0 Å². The number of rotatable bonds is 2. The Balaban J connectivity index is 1.84. The van der Waals surface area contributed by atoms with Crippen LogP contribution >= 0.6 is 0 Å². The first kappa shape index (κ1) is 18.3. The van der Waals surface area contributed by atoms with Crippen LogP contribution in [0.15, 0.2) is 70.0 Å². The van der Waals surface area contributed by atoms with Crippen molar-refractivity contribution in [3.8, 4) is 0 Å². The second kappa shape index (κ2) is 6.66. The van der Waals surface area contributed by atoms with Crippen LogP contribution in [0.2, 0.25) is 0 Å². The summed E-state index contributed by atoms with van der Waals surface area (Å²) in [6, 6.07) is 16.3. The Labute approximate surface area is 173 Å². The van der Waals surface area contributed by atoms with E-state index >= 15 is 0 Å². The van der Waals surface area contributed by atoms with Crippen molar-refractivity contribution in [1.82, 2.24) is 4.98 Å². The predicted octanol–water partition coefficient (Wildman–Crippen LogP) is 4.86. The quantitative estimate of drug-likeness (QED) is 0.485. The Kier molecular flexibility index (Phi) is 4.07. The van der Waals surface area contributed by atoms with Gasteiger partial charge in [-0.15, -0.1) is 0 Å². The van der Waals surface area contributed by atoms with Crippen LogP contribution in [0.5, 0.6) is 0 Å². The van der Waals surface area contributed by atoms with Gasteiger partial charge in [0.25, 0.3) is 5.91 Å². The lowest BCUT2D eigenvalue weighted by molar-refractivity contribution is 0.0970. The molecular formula is C25H20N2O3. The third-order valence-corrected chi connectivity index (χ3v) is 5.75. The fourth-order valence-electron chi connectivity index (χ4n) is 4.07. The number of amides is 1. The number of carbonyl (C=O) groups is 1. The van der Waals surface area contributed by atoms with E-state index in [4.69, 9.17) is 4.42 Å². The second-order valence-electron chi connectivity index (χ2n) is 7.79. The molecule has 148 valence electrons. The van der Waals surface area contributed by atoms with Crippen LogP contribution in [0.25, 0.3) is 11.0 Å². The molecule has 5 rings (SSSR count). The highest BCUT2D eigenvalue weighted by Crippen LogP contribution is 2.40. The molecule has 1 aliphatic rings. The van der Waals surface area contributed by atoms with Crippen molar-refractivity contribution in [2.75, 3.05) is 4.90 Å². The minimum Gasteiger partial charge on any atom is -0.450 e. The first-order valence-corrected chi connectivity index (χ1v) is 9.85. The maximum Gasteiger partial charge on any atom is 0.296 e. The molecule has 5 heteroatoms. The van der Waals surface area contributed by atoms with Gasteiger partial charge in [0.2, 0.25) is 5.76 Å². The number of hydrogen-bond donors (Lipinski definition) is 0. The first-order chi connectivity index (χ1) is 14.5. The number of hydrogen-bond acceptors (Lipinski definition) is 4. The van der Waals surface area contributed by atoms with E-state index in [1.807, 2.05) is 75.4 Å². The summed E-state index contributed by atoms with van der Waals surface area (Å²) in [5.74, 6) is 0.234. The van der Waals surface area contributed by atoms with Gasteiger partial charge in [0.15, 0.2) is 5.43 Å². The van der Waals surface area contributed by atoms with Gasteiger partial charge in [0, 0.05) is 6.20 Å². The number of aryl methyl sites for hydroxylation is 3. The van der Waals surface area contributed by atoms with Gasteiger partial charge in [-0.05, 0) is 67.3 Å². The molecule has 0 N–H and O–H groups in total. The monoisotopic (exact) mass is 396 g/mol. The molecule has 2 aromatic carbocycles. The minimum absolute atomic E-state index is 0.0907. The van der Waals surface area contributed by atoms with Crippen molar-refractivity contribution in [3.63, 3.8) is 0 Å². The van der Waals surface area contributed by atoms with Crippen LogP contribution in [-0.2, 0) is 0 Å². The summed E-state index contributed by atoms with van der Waals surface area (Å²) in [4.78, 5) is 33.1. The third-order valence-electron chi connectivity index (χ3n) is 5.75. The smallest absolute Gasteiger partial charge is 0.296 e. The first-order valence-electron chi connectivity index (χ1n) is 9.85. The Morgan fingerprint density at radius 2 is 1.67 bits per heavy atom. The number of benzene rings is 2. The molecule has 0 unspecified atom stereocenters. The topological polar surface area (TPSA) is 63.4 Å². The SMILES string of the molecule is Cc1ccnc(N2C(=O)c3oc4cc(C)c(C)cc4c(=O)c3[C@@H]2c2ccccc2)c1. The fourth-order valence-corrected chi connectivity index (χ4v) is 4.07. The summed E-state index contributed by atoms with van der Waals surface area (Å²) < 4.78 is 6.05. The van der Waals surface area contributed by atoms with Gasteiger partial charge in [-0.2, -0.15) is 0 Å². The maximum absolute atomic E-state index is 13.6. The third kappa shape index (κ3) is 2.66. The normalized spacial score (nSPS) is 15.6. The zero-order valence-corrected chi connectivity index (χ0v) is 17.0. The summed E-state index contributed by atoms with van der Waals surface area (Å²) in [6.07, 6.45) is 1.67. The summed E-state index contributed by atoms with van der Waals surface area (Å²) in [7, 11) is 0. The van der Waals surface area contributed by atoms with Gasteiger partial charge in [0.1, 0.15) is 11.4 Å². The molecule has 5 nitrogen and oxygen atoms in total. The van der Waals surface area contributed by atoms with Gasteiger partial charge in [-0.25, -0.2) is 4.98 Å². The number of pyridine rings is 1. The molecule has 1 aliphatic heterocycles. The number of anilines is 1. The Hall–Kier alpha value is -3.73. The lowest BCUT2D eigenvalue weighted by atomic mass is 9.97. The van der Waals surface area contributed by atoms with E-state index in [0.29, 0.717) is 22.4 Å². The molecule has 1 amide bonds. The number of carbonyl (C=O) groups excluding carboxylic acids is 1. The highest BCUT2D eigenvalue weighted by molar-refractivity contribution is 6.10. The second-order valence-corrected chi connectivity index (χ2v) is 7.79. The molecule has 0 radical (unpaired) electrons. The summed E-state index contributed by atoms with van der Waals surface area (Å²) in [6.45, 7) is 5.86. The molecule has 0 aliphatic carbocycles. The number of nitrogens with zero attached hydrogens (tertiary/aromatic N) is 2. The summed E-state index contributed by atoms with van der Waals surface area (Å²) in [5, 5.41) is 0.490. The van der Waals surface area contributed by atoms with Gasteiger partial charge in [-0.3, -0.25) is 14.5 Å². The number of fused-ring (bicyclic) bond motifs is 2. The van der Waals surface area contributed by atoms with Crippen molar-refractivity contribution in [1.29, 1.82) is 0 Å². The van der Waals surface area contributed by atoms with Crippen LogP contribution in [-0.4, -0.2) is 10.9 Å². The molecule has 0 saturated heterocycles. The van der Waals surface area contributed by atoms with Crippen molar-refractivity contribution in [2.24, 2.45) is 0 Å². The Morgan fingerprint density at radius 1 is 0.933 bits per heavy atom. The van der Waals surface area contributed by atoms with E-state index in [2.05, 4.69) is 4.98 Å². The zero-order valence-electron chi connectivity index (χ0n) is 17.0. The zero-order chi connectivity index (χ0) is 21.0. The van der Waals surface area contributed by atoms with E-state index in [0.717, 1.165) is 22.3 Å². The van der Waals surface area contributed by atoms with E-state index in [1.165, 1.54) is 0 Å². The Morgan fingerprint density at radius 3 is 2.40 bits per heavy atom. The molecule has 4 aromatic rings. The van der Waals surface area contributed by atoms with Crippen molar-refractivity contribution < 1.29 is 9.21 Å². The van der Waals surface area contributed by atoms with Gasteiger partial charge >= 0.3 is 0 Å². The highest BCUT2D eigenvalue weighted by Gasteiger charge is 2.44. The molecule has 2 aromatic heterocycles. The summed E-state index contributed by atoms with van der Waals surface area (Å²) >= 11 is 0. The van der Waals surface area contributed by atoms with Crippen LogP contribution in [0.4, 0.5) is 5.82 Å². The van der Waals surface area contributed by atoms with Gasteiger partial charge < -0.3 is 4.42 Å². The molecule has 30 heavy (non-hydrogen) atoms. The van der Waals surface area contributed by atoms with Crippen molar-refractivity contribution in [3.05, 3.63) is 105 Å². The van der Waals surface area contributed by atoms with Crippen LogP contribution in [0.3, 0.4) is 0 Å². The Bertz CT molecular complexity index is 1370. The minimum atomic E-state index is -0.592. The molecule has 0 fully saturated rings. The maximum atomic E-state index is 13.6. The lowest BCUT2D eigenvalue weighted by Gasteiger charge is -2.24. The highest BCUT2D eigenvalue weighted by atomic mass is 16.3. The molecule has 0 spiro atoms. The van der Waals surface area contributed by atoms with Gasteiger partial charge in [-0.1, -0.05) is 30.3 Å². The largest absolute Gasteiger partial charge is 0.450 e. The van der Waals surface area contributed by atoms with E-state index in [-0.39, 0.29) is 17.1 Å². The molecular weight excluding hydrogens is 376 g/mol. The predicted molar refractivity (Wildman–Crippen MR) is 116 cm³/mol. The fraction of sp³-hybridized carbons (Fsp3) is 0.160. The van der Waals surface area contributed by atoms with Crippen LogP contribution in [0, 0.1) is 20.8 Å². The molecule has 0 bridgehead atoms.